The third-order valence-corrected chi connectivity index (χ3v) is 3.87. The molecule has 0 saturated heterocycles. The third-order valence-electron chi connectivity index (χ3n) is 3.87. The monoisotopic (exact) mass is 365 g/mol. The van der Waals surface area contributed by atoms with E-state index in [1.54, 1.807) is 24.3 Å². The van der Waals surface area contributed by atoms with Crippen LogP contribution >= 0.6 is 0 Å². The second-order valence-electron chi connectivity index (χ2n) is 5.66. The zero-order valence-electron chi connectivity index (χ0n) is 13.7. The Morgan fingerprint density at radius 1 is 1.15 bits per heavy atom. The molecule has 2 aromatic heterocycles. The van der Waals surface area contributed by atoms with E-state index in [4.69, 9.17) is 0 Å². The van der Waals surface area contributed by atoms with Crippen LogP contribution in [0, 0.1) is 5.82 Å². The van der Waals surface area contributed by atoms with Gasteiger partial charge in [-0.2, -0.15) is 5.10 Å². The number of aromatic hydroxyl groups is 2. The fourth-order valence-electron chi connectivity index (χ4n) is 2.61. The van der Waals surface area contributed by atoms with Gasteiger partial charge < -0.3 is 15.2 Å². The molecule has 0 aliphatic heterocycles. The molecule has 0 saturated carbocycles. The predicted octanol–water partition coefficient (Wildman–Crippen LogP) is 3.83. The first-order chi connectivity index (χ1) is 13.0. The molecule has 9 heteroatoms. The van der Waals surface area contributed by atoms with Crippen LogP contribution < -0.4 is 0 Å². The molecule has 3 N–H and O–H groups in total. The molecular formula is C18H12FN5O3. The van der Waals surface area contributed by atoms with Crippen molar-refractivity contribution in [2.75, 3.05) is 0 Å². The van der Waals surface area contributed by atoms with Crippen LogP contribution in [0.25, 0.3) is 16.6 Å². The summed E-state index contributed by atoms with van der Waals surface area (Å²) >= 11 is 0. The Bertz CT molecular complexity index is 1180. The standard InChI is InChI=1S/C18H12FN5O3/c19-10-6-7-12-13(8-10)20-17(26)15(12)21-22-18(27)16-14(25)9-24(23-16)11-4-2-1-3-5-11/h1-9,20,25-26H. The minimum absolute atomic E-state index is 0.0136. The number of nitrogens with one attached hydrogen (secondary N) is 1. The number of hydrogen-bond donors (Lipinski definition) is 3. The number of halogens is 1. The highest BCUT2D eigenvalue weighted by Gasteiger charge is 2.18. The molecule has 4 rings (SSSR count). The van der Waals surface area contributed by atoms with Crippen LogP contribution in [0.4, 0.5) is 10.1 Å². The quantitative estimate of drug-likeness (QED) is 0.478. The Kier molecular flexibility index (Phi) is 3.88. The van der Waals surface area contributed by atoms with Crippen LogP contribution in [-0.2, 0) is 0 Å². The SMILES string of the molecule is O=C(N=Nc1c(O)[nH]c2cc(F)ccc12)c1nn(-c2ccccc2)cc1O. The molecule has 8 nitrogen and oxygen atoms in total. The van der Waals surface area contributed by atoms with Crippen LogP contribution in [0.5, 0.6) is 11.6 Å². The van der Waals surface area contributed by atoms with Gasteiger partial charge in [0.1, 0.15) is 5.82 Å². The van der Waals surface area contributed by atoms with E-state index < -0.39 is 11.7 Å². The number of nitrogens with zero attached hydrogens (tertiary/aromatic N) is 4. The van der Waals surface area contributed by atoms with Crippen LogP contribution in [0.3, 0.4) is 0 Å². The van der Waals surface area contributed by atoms with Crippen molar-refractivity contribution in [3.05, 3.63) is 66.2 Å². The van der Waals surface area contributed by atoms with Crippen LogP contribution in [0.15, 0.2) is 65.0 Å². The molecule has 0 unspecified atom stereocenters. The summed E-state index contributed by atoms with van der Waals surface area (Å²) < 4.78 is 14.6. The number of aromatic amines is 1. The van der Waals surface area contributed by atoms with Gasteiger partial charge in [0.25, 0.3) is 0 Å². The average molecular weight is 365 g/mol. The lowest BCUT2D eigenvalue weighted by Gasteiger charge is -1.98. The van der Waals surface area contributed by atoms with Crippen LogP contribution in [-0.4, -0.2) is 30.9 Å². The van der Waals surface area contributed by atoms with Gasteiger partial charge in [-0.15, -0.1) is 10.2 Å². The van der Waals surface area contributed by atoms with Gasteiger partial charge in [-0.3, -0.25) is 4.79 Å². The van der Waals surface area contributed by atoms with E-state index in [-0.39, 0.29) is 23.0 Å². The van der Waals surface area contributed by atoms with Crippen molar-refractivity contribution in [2.45, 2.75) is 0 Å². The summed E-state index contributed by atoms with van der Waals surface area (Å²) in [6, 6.07) is 12.7. The smallest absolute Gasteiger partial charge is 0.319 e. The van der Waals surface area contributed by atoms with Gasteiger partial charge in [0, 0.05) is 5.39 Å². The number of benzene rings is 2. The third kappa shape index (κ3) is 3.01. The zero-order valence-corrected chi connectivity index (χ0v) is 13.7. The van der Waals surface area contributed by atoms with Crippen molar-refractivity contribution in [3.63, 3.8) is 0 Å². The van der Waals surface area contributed by atoms with Gasteiger partial charge in [0.15, 0.2) is 17.1 Å². The largest absolute Gasteiger partial charge is 0.504 e. The van der Waals surface area contributed by atoms with Crippen molar-refractivity contribution in [1.29, 1.82) is 0 Å². The Morgan fingerprint density at radius 3 is 2.70 bits per heavy atom. The van der Waals surface area contributed by atoms with Gasteiger partial charge >= 0.3 is 5.91 Å². The second kappa shape index (κ2) is 6.37. The van der Waals surface area contributed by atoms with Crippen molar-refractivity contribution in [2.24, 2.45) is 10.2 Å². The minimum atomic E-state index is -0.891. The number of amides is 1. The highest BCUT2D eigenvalue weighted by molar-refractivity contribution is 5.97. The number of hydrogen-bond acceptors (Lipinski definition) is 5. The number of carbonyl (C=O) groups excluding carboxylic acids is 1. The summed E-state index contributed by atoms with van der Waals surface area (Å²) in [5.41, 5.74) is 0.665. The normalized spacial score (nSPS) is 11.4. The fraction of sp³-hybridized carbons (Fsp3) is 0. The molecule has 134 valence electrons. The van der Waals surface area contributed by atoms with Gasteiger partial charge in [-0.1, -0.05) is 18.2 Å². The molecule has 2 heterocycles. The van der Waals surface area contributed by atoms with Crippen molar-refractivity contribution in [3.8, 4) is 17.3 Å². The summed E-state index contributed by atoms with van der Waals surface area (Å²) in [6.45, 7) is 0. The van der Waals surface area contributed by atoms with Gasteiger partial charge in [0.2, 0.25) is 5.88 Å². The topological polar surface area (TPSA) is 116 Å². The number of aromatic nitrogens is 3. The van der Waals surface area contributed by atoms with Crippen molar-refractivity contribution < 1.29 is 19.4 Å². The first-order valence-electron chi connectivity index (χ1n) is 7.83. The number of para-hydroxylation sites is 1. The average Bonchev–Trinajstić information content (AvgIpc) is 3.19. The second-order valence-corrected chi connectivity index (χ2v) is 5.66. The molecule has 0 spiro atoms. The molecule has 0 aliphatic rings. The first-order valence-corrected chi connectivity index (χ1v) is 7.83. The first kappa shape index (κ1) is 16.5. The highest BCUT2D eigenvalue weighted by atomic mass is 19.1. The molecule has 0 radical (unpaired) electrons. The molecule has 0 atom stereocenters. The number of rotatable bonds is 3. The Balaban J connectivity index is 1.65. The van der Waals surface area contributed by atoms with E-state index in [2.05, 4.69) is 20.3 Å². The predicted molar refractivity (Wildman–Crippen MR) is 94.0 cm³/mol. The number of azo groups is 1. The summed E-state index contributed by atoms with van der Waals surface area (Å²) in [4.78, 5) is 14.8. The van der Waals surface area contributed by atoms with Crippen LogP contribution in [0.2, 0.25) is 0 Å². The van der Waals surface area contributed by atoms with Crippen LogP contribution in [0.1, 0.15) is 10.5 Å². The van der Waals surface area contributed by atoms with E-state index in [9.17, 15) is 19.4 Å². The number of H-pyrrole nitrogens is 1. The highest BCUT2D eigenvalue weighted by Crippen LogP contribution is 2.35. The molecule has 1 amide bonds. The lowest BCUT2D eigenvalue weighted by molar-refractivity contribution is 0.0987. The maximum absolute atomic E-state index is 13.3. The maximum atomic E-state index is 13.3. The Hall–Kier alpha value is -4.01. The Morgan fingerprint density at radius 2 is 1.93 bits per heavy atom. The molecule has 0 aliphatic carbocycles. The van der Waals surface area contributed by atoms with Gasteiger partial charge in [-0.25, -0.2) is 9.07 Å². The lowest BCUT2D eigenvalue weighted by atomic mass is 10.2. The molecule has 4 aromatic rings. The molecule has 0 bridgehead atoms. The van der Waals surface area contributed by atoms with E-state index in [1.807, 2.05) is 6.07 Å². The fourth-order valence-corrected chi connectivity index (χ4v) is 2.61. The summed E-state index contributed by atoms with van der Waals surface area (Å²) in [6.07, 6.45) is 1.28. The summed E-state index contributed by atoms with van der Waals surface area (Å²) in [5, 5.41) is 31.5. The van der Waals surface area contributed by atoms with E-state index in [1.165, 1.54) is 29.1 Å². The molecular weight excluding hydrogens is 353 g/mol. The maximum Gasteiger partial charge on any atom is 0.319 e. The summed E-state index contributed by atoms with van der Waals surface area (Å²) in [5.74, 6) is -2.09. The lowest BCUT2D eigenvalue weighted by Crippen LogP contribution is -1.99. The number of carbonyl (C=O) groups is 1. The Labute approximate surface area is 151 Å². The van der Waals surface area contributed by atoms with E-state index >= 15 is 0 Å². The molecule has 27 heavy (non-hydrogen) atoms. The summed E-state index contributed by atoms with van der Waals surface area (Å²) in [7, 11) is 0. The zero-order chi connectivity index (χ0) is 19.0. The van der Waals surface area contributed by atoms with Gasteiger partial charge in [-0.05, 0) is 30.3 Å². The van der Waals surface area contributed by atoms with E-state index in [0.717, 1.165) is 0 Å². The van der Waals surface area contributed by atoms with E-state index in [0.29, 0.717) is 16.6 Å². The molecule has 2 aromatic carbocycles. The van der Waals surface area contributed by atoms with Crippen molar-refractivity contribution >= 4 is 22.5 Å². The number of fused-ring (bicyclic) bond motifs is 1. The van der Waals surface area contributed by atoms with Gasteiger partial charge in [0.05, 0.1) is 17.4 Å². The minimum Gasteiger partial charge on any atom is -0.504 e. The van der Waals surface area contributed by atoms with Crippen molar-refractivity contribution in [1.82, 2.24) is 14.8 Å². The molecule has 0 fully saturated rings.